The molecule has 3 amide bonds. The highest BCUT2D eigenvalue weighted by atomic mass is 32.2. The molecule has 0 bridgehead atoms. The number of nitrogens with one attached hydrogen (secondary N) is 3. The molecule has 0 spiro atoms. The van der Waals surface area contributed by atoms with Gasteiger partial charge in [0.25, 0.3) is 0 Å². The van der Waals surface area contributed by atoms with Gasteiger partial charge in [0.2, 0.25) is 5.91 Å². The van der Waals surface area contributed by atoms with E-state index in [2.05, 4.69) is 16.0 Å². The minimum Gasteiger partial charge on any atom is -0.493 e. The summed E-state index contributed by atoms with van der Waals surface area (Å²) in [6.07, 6.45) is 1.47. The molecule has 42 heavy (non-hydrogen) atoms. The van der Waals surface area contributed by atoms with Crippen LogP contribution in [0.1, 0.15) is 42.9 Å². The molecule has 2 aromatic rings. The van der Waals surface area contributed by atoms with Gasteiger partial charge in [-0.05, 0) is 55.3 Å². The van der Waals surface area contributed by atoms with Crippen LogP contribution < -0.4 is 31.2 Å². The molecule has 230 valence electrons. The fourth-order valence-electron chi connectivity index (χ4n) is 3.70. The van der Waals surface area contributed by atoms with Gasteiger partial charge in [-0.3, -0.25) is 4.79 Å². The molecule has 2 rings (SSSR count). The minimum atomic E-state index is -0.995. The van der Waals surface area contributed by atoms with Gasteiger partial charge in [-0.25, -0.2) is 14.4 Å². The highest BCUT2D eigenvalue weighted by Crippen LogP contribution is 2.32. The van der Waals surface area contributed by atoms with Crippen LogP contribution in [0.15, 0.2) is 48.5 Å². The van der Waals surface area contributed by atoms with Crippen LogP contribution in [0.4, 0.5) is 9.59 Å². The molecule has 2 atom stereocenters. The number of methoxy groups -OCH3 is 1. The van der Waals surface area contributed by atoms with Gasteiger partial charge >= 0.3 is 18.2 Å². The molecule has 0 saturated carbocycles. The van der Waals surface area contributed by atoms with Gasteiger partial charge in [-0.1, -0.05) is 36.4 Å². The third-order valence-electron chi connectivity index (χ3n) is 5.98. The molecule has 13 heteroatoms. The predicted octanol–water partition coefficient (Wildman–Crippen LogP) is 3.29. The van der Waals surface area contributed by atoms with Crippen LogP contribution in [0, 0.1) is 0 Å². The first-order chi connectivity index (χ1) is 20.3. The van der Waals surface area contributed by atoms with E-state index in [1.54, 1.807) is 23.9 Å². The zero-order chi connectivity index (χ0) is 30.7. The van der Waals surface area contributed by atoms with E-state index < -0.39 is 30.3 Å². The van der Waals surface area contributed by atoms with Gasteiger partial charge in [-0.15, -0.1) is 0 Å². The van der Waals surface area contributed by atoms with E-state index in [-0.39, 0.29) is 37.0 Å². The number of carbonyl (C=O) groups is 4. The second-order valence-corrected chi connectivity index (χ2v) is 10.1. The molecule has 2 aromatic carbocycles. The van der Waals surface area contributed by atoms with Crippen LogP contribution in [0.3, 0.4) is 0 Å². The Hall–Kier alpha value is -3.97. The molecular formula is C29H40N4O8S. The van der Waals surface area contributed by atoms with Crippen molar-refractivity contribution in [2.45, 2.75) is 44.4 Å². The molecule has 0 aliphatic carbocycles. The lowest BCUT2D eigenvalue weighted by atomic mass is 10.1. The Morgan fingerprint density at radius 3 is 2.43 bits per heavy atom. The van der Waals surface area contributed by atoms with Gasteiger partial charge in [0, 0.05) is 19.2 Å². The van der Waals surface area contributed by atoms with E-state index in [1.165, 1.54) is 20.2 Å². The smallest absolute Gasteiger partial charge is 0.408 e. The molecule has 0 fully saturated rings. The van der Waals surface area contributed by atoms with Crippen LogP contribution in [0.25, 0.3) is 0 Å². The molecule has 1 unspecified atom stereocenters. The normalized spacial score (nSPS) is 11.9. The van der Waals surface area contributed by atoms with Crippen LogP contribution in [-0.2, 0) is 25.7 Å². The standard InChI is InChI=1S/C29H40N4O8S/c1-31-28(36)41-25(18-32-26(34)14-16-42-3)21-12-13-23(24(17-21)38-2)40-27(35)22(11-7-8-15-30)33-29(37)39-19-20-9-5-4-6-10-20/h4-6,9-10,12-13,17,22,25H,7-8,11,14-16,18-19,30H2,1-3H3,(H,31,36)(H,32,34)(H,33,37)/t22-,25?/m0/s1. The Bertz CT molecular complexity index is 1150. The van der Waals surface area contributed by atoms with Gasteiger partial charge in [-0.2, -0.15) is 11.8 Å². The van der Waals surface area contributed by atoms with Crippen molar-refractivity contribution in [2.75, 3.05) is 39.3 Å². The summed E-state index contributed by atoms with van der Waals surface area (Å²) >= 11 is 1.55. The first-order valence-electron chi connectivity index (χ1n) is 13.5. The van der Waals surface area contributed by atoms with Crippen molar-refractivity contribution >= 4 is 35.8 Å². The quantitative estimate of drug-likeness (QED) is 0.119. The highest BCUT2D eigenvalue weighted by Gasteiger charge is 2.26. The maximum Gasteiger partial charge on any atom is 0.408 e. The monoisotopic (exact) mass is 604 g/mol. The summed E-state index contributed by atoms with van der Waals surface area (Å²) in [5.41, 5.74) is 6.90. The van der Waals surface area contributed by atoms with Crippen molar-refractivity contribution in [3.8, 4) is 11.5 Å². The Kier molecular flexibility index (Phi) is 15.7. The van der Waals surface area contributed by atoms with E-state index in [1.807, 2.05) is 36.6 Å². The maximum absolute atomic E-state index is 13.1. The van der Waals surface area contributed by atoms with E-state index in [0.717, 1.165) is 5.56 Å². The van der Waals surface area contributed by atoms with Crippen LogP contribution in [0.2, 0.25) is 0 Å². The zero-order valence-electron chi connectivity index (χ0n) is 24.2. The van der Waals surface area contributed by atoms with Gasteiger partial charge in [0.1, 0.15) is 18.8 Å². The summed E-state index contributed by atoms with van der Waals surface area (Å²) in [6, 6.07) is 12.8. The number of carbonyl (C=O) groups excluding carboxylic acids is 4. The van der Waals surface area contributed by atoms with Crippen LogP contribution >= 0.6 is 11.8 Å². The van der Waals surface area contributed by atoms with E-state index in [4.69, 9.17) is 24.7 Å². The number of hydrogen-bond donors (Lipinski definition) is 4. The number of benzene rings is 2. The number of esters is 1. The number of nitrogens with two attached hydrogens (primary N) is 1. The van der Waals surface area contributed by atoms with Crippen molar-refractivity contribution in [2.24, 2.45) is 5.73 Å². The Morgan fingerprint density at radius 1 is 1.00 bits per heavy atom. The molecule has 5 N–H and O–H groups in total. The number of ether oxygens (including phenoxy) is 4. The topological polar surface area (TPSA) is 167 Å². The van der Waals surface area contributed by atoms with Crippen LogP contribution in [0.5, 0.6) is 11.5 Å². The number of alkyl carbamates (subject to hydrolysis) is 2. The highest BCUT2D eigenvalue weighted by molar-refractivity contribution is 7.98. The largest absolute Gasteiger partial charge is 0.493 e. The van der Waals surface area contributed by atoms with E-state index in [9.17, 15) is 19.2 Å². The second-order valence-electron chi connectivity index (χ2n) is 9.07. The summed E-state index contributed by atoms with van der Waals surface area (Å²) in [7, 11) is 2.82. The number of amides is 3. The third-order valence-corrected chi connectivity index (χ3v) is 6.59. The molecule has 0 aliphatic rings. The minimum absolute atomic E-state index is 0.0289. The average molecular weight is 605 g/mol. The number of unbranched alkanes of at least 4 members (excludes halogenated alkanes) is 1. The van der Waals surface area contributed by atoms with Gasteiger partial charge < -0.3 is 40.6 Å². The summed E-state index contributed by atoms with van der Waals surface area (Å²) in [4.78, 5) is 49.7. The lowest BCUT2D eigenvalue weighted by Gasteiger charge is -2.21. The lowest BCUT2D eigenvalue weighted by Crippen LogP contribution is -2.43. The zero-order valence-corrected chi connectivity index (χ0v) is 25.0. The maximum atomic E-state index is 13.1. The predicted molar refractivity (Wildman–Crippen MR) is 159 cm³/mol. The second kappa shape index (κ2) is 19.2. The first kappa shape index (κ1) is 34.2. The van der Waals surface area contributed by atoms with Crippen molar-refractivity contribution < 1.29 is 38.1 Å². The van der Waals surface area contributed by atoms with Gasteiger partial charge in [0.05, 0.1) is 13.7 Å². The average Bonchev–Trinajstić information content (AvgIpc) is 3.01. The third kappa shape index (κ3) is 12.3. The molecule has 0 aromatic heterocycles. The van der Waals surface area contributed by atoms with Crippen molar-refractivity contribution in [3.05, 3.63) is 59.7 Å². The summed E-state index contributed by atoms with van der Waals surface area (Å²) in [6.45, 7) is 0.512. The van der Waals surface area contributed by atoms with Gasteiger partial charge in [0.15, 0.2) is 11.5 Å². The fraction of sp³-hybridized carbons (Fsp3) is 0.448. The van der Waals surface area contributed by atoms with Crippen molar-refractivity contribution in [1.29, 1.82) is 0 Å². The fourth-order valence-corrected chi connectivity index (χ4v) is 4.09. The first-order valence-corrected chi connectivity index (χ1v) is 14.9. The molecular weight excluding hydrogens is 564 g/mol. The van der Waals surface area contributed by atoms with Crippen molar-refractivity contribution in [1.82, 2.24) is 16.0 Å². The molecule has 0 saturated heterocycles. The van der Waals surface area contributed by atoms with E-state index in [0.29, 0.717) is 37.1 Å². The SMILES string of the molecule is CNC(=O)OC(CNC(=O)CCSC)c1ccc(OC(=O)[C@H](CCCCN)NC(=O)OCc2ccccc2)c(OC)c1. The summed E-state index contributed by atoms with van der Waals surface area (Å²) in [5.74, 6) is 0.0505. The number of rotatable bonds is 17. The van der Waals surface area contributed by atoms with Crippen molar-refractivity contribution in [3.63, 3.8) is 0 Å². The molecule has 0 aliphatic heterocycles. The number of thioether (sulfide) groups is 1. The molecule has 12 nitrogen and oxygen atoms in total. The lowest BCUT2D eigenvalue weighted by molar-refractivity contribution is -0.137. The molecule has 0 radical (unpaired) electrons. The summed E-state index contributed by atoms with van der Waals surface area (Å²) in [5, 5.41) is 7.73. The Balaban J connectivity index is 2.14. The van der Waals surface area contributed by atoms with E-state index >= 15 is 0 Å². The number of hydrogen-bond acceptors (Lipinski definition) is 10. The Labute approximate surface area is 250 Å². The Morgan fingerprint density at radius 2 is 1.76 bits per heavy atom. The molecule has 0 heterocycles. The summed E-state index contributed by atoms with van der Waals surface area (Å²) < 4.78 is 21.8. The van der Waals surface area contributed by atoms with Crippen LogP contribution in [-0.4, -0.2) is 69.4 Å².